The molecule has 0 fully saturated rings. The van der Waals surface area contributed by atoms with E-state index in [1.54, 1.807) is 50.2 Å². The third kappa shape index (κ3) is 3.86. The predicted octanol–water partition coefficient (Wildman–Crippen LogP) is 2.15. The number of rotatable bonds is 6. The summed E-state index contributed by atoms with van der Waals surface area (Å²) in [5.41, 5.74) is 5.83. The molecular formula is C19H20N6O4. The summed E-state index contributed by atoms with van der Waals surface area (Å²) in [5.74, 6) is -0.427. The van der Waals surface area contributed by atoms with Gasteiger partial charge >= 0.3 is 0 Å². The molecule has 0 unspecified atom stereocenters. The van der Waals surface area contributed by atoms with Gasteiger partial charge in [-0.25, -0.2) is 4.98 Å². The van der Waals surface area contributed by atoms with E-state index in [9.17, 15) is 19.7 Å². The zero-order valence-corrected chi connectivity index (χ0v) is 16.2. The number of para-hydroxylation sites is 1. The smallest absolute Gasteiger partial charge is 0.272 e. The Kier molecular flexibility index (Phi) is 5.44. The Bertz CT molecular complexity index is 1160. The number of carbonyl (C=O) groups excluding carboxylic acids is 1. The lowest BCUT2D eigenvalue weighted by atomic mass is 10.1. The van der Waals surface area contributed by atoms with Crippen LogP contribution in [0.1, 0.15) is 17.3 Å². The molecule has 0 aliphatic heterocycles. The molecule has 3 rings (SSSR count). The van der Waals surface area contributed by atoms with E-state index >= 15 is 0 Å². The molecule has 0 spiro atoms. The van der Waals surface area contributed by atoms with Crippen LogP contribution in [0.2, 0.25) is 0 Å². The zero-order chi connectivity index (χ0) is 21.1. The van der Waals surface area contributed by atoms with Gasteiger partial charge in [-0.15, -0.1) is 0 Å². The molecule has 0 saturated heterocycles. The monoisotopic (exact) mass is 396 g/mol. The molecule has 0 atom stereocenters. The molecule has 0 saturated carbocycles. The second-order valence-electron chi connectivity index (χ2n) is 6.43. The van der Waals surface area contributed by atoms with Crippen LogP contribution in [0.4, 0.5) is 17.3 Å². The number of hydrazine groups is 1. The zero-order valence-electron chi connectivity index (χ0n) is 16.2. The number of non-ortho nitro benzene ring substituents is 1. The minimum atomic E-state index is -0.595. The normalized spacial score (nSPS) is 10.6. The average Bonchev–Trinajstić information content (AvgIpc) is 2.71. The molecular weight excluding hydrogens is 376 g/mol. The summed E-state index contributed by atoms with van der Waals surface area (Å²) in [4.78, 5) is 42.0. The van der Waals surface area contributed by atoms with Crippen molar-refractivity contribution in [2.45, 2.75) is 13.5 Å². The molecule has 2 N–H and O–H groups in total. The maximum atomic E-state index is 12.7. The maximum Gasteiger partial charge on any atom is 0.272 e. The van der Waals surface area contributed by atoms with Gasteiger partial charge in [-0.1, -0.05) is 12.1 Å². The molecule has 1 aromatic heterocycles. The Morgan fingerprint density at radius 3 is 2.62 bits per heavy atom. The molecule has 3 aromatic rings. The number of nitrogens with one attached hydrogen (secondary N) is 2. The van der Waals surface area contributed by atoms with Crippen LogP contribution < -0.4 is 21.3 Å². The van der Waals surface area contributed by atoms with Crippen LogP contribution in [0.25, 0.3) is 10.9 Å². The fourth-order valence-corrected chi connectivity index (χ4v) is 2.95. The first kappa shape index (κ1) is 19.8. The van der Waals surface area contributed by atoms with E-state index in [1.165, 1.54) is 22.8 Å². The summed E-state index contributed by atoms with van der Waals surface area (Å²) < 4.78 is 1.39. The standard InChI is InChI=1S/C19H20N6O4/c1-4-24-18(27)13-7-5-6-8-15(13)20-19(24)22-21-17(26)14-11-12(25(28)29)9-10-16(14)23(2)3/h5-11H,4H2,1-3H3,(H,20,22)(H,21,26). The summed E-state index contributed by atoms with van der Waals surface area (Å²) in [7, 11) is 3.45. The van der Waals surface area contributed by atoms with E-state index in [0.717, 1.165) is 0 Å². The summed E-state index contributed by atoms with van der Waals surface area (Å²) in [6, 6.07) is 10.9. The molecule has 1 heterocycles. The number of benzene rings is 2. The molecule has 2 aromatic carbocycles. The van der Waals surface area contributed by atoms with Gasteiger partial charge in [0, 0.05) is 38.5 Å². The minimum Gasteiger partial charge on any atom is -0.377 e. The van der Waals surface area contributed by atoms with Crippen molar-refractivity contribution in [3.05, 3.63) is 68.5 Å². The van der Waals surface area contributed by atoms with Crippen molar-refractivity contribution in [3.63, 3.8) is 0 Å². The lowest BCUT2D eigenvalue weighted by Crippen LogP contribution is -2.35. The van der Waals surface area contributed by atoms with Crippen LogP contribution in [0.5, 0.6) is 0 Å². The van der Waals surface area contributed by atoms with E-state index in [4.69, 9.17) is 0 Å². The Morgan fingerprint density at radius 1 is 1.24 bits per heavy atom. The van der Waals surface area contributed by atoms with Crippen molar-refractivity contribution in [3.8, 4) is 0 Å². The second-order valence-corrected chi connectivity index (χ2v) is 6.43. The van der Waals surface area contributed by atoms with Gasteiger partial charge < -0.3 is 4.90 Å². The topological polar surface area (TPSA) is 122 Å². The Balaban J connectivity index is 1.94. The van der Waals surface area contributed by atoms with Gasteiger partial charge in [0.1, 0.15) is 0 Å². The highest BCUT2D eigenvalue weighted by molar-refractivity contribution is 6.01. The van der Waals surface area contributed by atoms with Gasteiger partial charge in [0.25, 0.3) is 17.2 Å². The summed E-state index contributed by atoms with van der Waals surface area (Å²) in [6.07, 6.45) is 0. The van der Waals surface area contributed by atoms with Crippen LogP contribution in [-0.4, -0.2) is 34.5 Å². The largest absolute Gasteiger partial charge is 0.377 e. The summed E-state index contributed by atoms with van der Waals surface area (Å²) in [5, 5.41) is 11.6. The van der Waals surface area contributed by atoms with Crippen LogP contribution in [0, 0.1) is 10.1 Å². The number of anilines is 2. The van der Waals surface area contributed by atoms with Gasteiger partial charge in [0.2, 0.25) is 5.95 Å². The van der Waals surface area contributed by atoms with Crippen molar-refractivity contribution in [1.29, 1.82) is 0 Å². The van der Waals surface area contributed by atoms with E-state index < -0.39 is 10.8 Å². The molecule has 1 amide bonds. The number of fused-ring (bicyclic) bond motifs is 1. The van der Waals surface area contributed by atoms with E-state index in [-0.39, 0.29) is 22.8 Å². The number of hydrogen-bond donors (Lipinski definition) is 2. The highest BCUT2D eigenvalue weighted by atomic mass is 16.6. The lowest BCUT2D eigenvalue weighted by molar-refractivity contribution is -0.384. The molecule has 150 valence electrons. The van der Waals surface area contributed by atoms with Crippen molar-refractivity contribution >= 4 is 34.1 Å². The fourth-order valence-electron chi connectivity index (χ4n) is 2.95. The molecule has 0 aliphatic carbocycles. The van der Waals surface area contributed by atoms with E-state index in [0.29, 0.717) is 23.1 Å². The third-order valence-corrected chi connectivity index (χ3v) is 4.38. The van der Waals surface area contributed by atoms with Gasteiger partial charge in [0.15, 0.2) is 0 Å². The number of amides is 1. The molecule has 0 aliphatic rings. The van der Waals surface area contributed by atoms with Crippen LogP contribution in [0.15, 0.2) is 47.3 Å². The minimum absolute atomic E-state index is 0.114. The third-order valence-electron chi connectivity index (χ3n) is 4.38. The lowest BCUT2D eigenvalue weighted by Gasteiger charge is -2.18. The van der Waals surface area contributed by atoms with E-state index in [2.05, 4.69) is 15.8 Å². The van der Waals surface area contributed by atoms with Crippen LogP contribution in [0.3, 0.4) is 0 Å². The summed E-state index contributed by atoms with van der Waals surface area (Å²) >= 11 is 0. The first-order valence-electron chi connectivity index (χ1n) is 8.85. The van der Waals surface area contributed by atoms with Crippen LogP contribution in [-0.2, 0) is 6.54 Å². The van der Waals surface area contributed by atoms with Gasteiger partial charge in [-0.05, 0) is 25.1 Å². The highest BCUT2D eigenvalue weighted by Crippen LogP contribution is 2.24. The second kappa shape index (κ2) is 7.97. The predicted molar refractivity (Wildman–Crippen MR) is 110 cm³/mol. The number of nitrogens with zero attached hydrogens (tertiary/aromatic N) is 4. The average molecular weight is 396 g/mol. The number of aromatic nitrogens is 2. The Labute approximate surface area is 165 Å². The van der Waals surface area contributed by atoms with Crippen molar-refractivity contribution in [2.24, 2.45) is 0 Å². The van der Waals surface area contributed by atoms with Crippen LogP contribution >= 0.6 is 0 Å². The van der Waals surface area contributed by atoms with Crippen molar-refractivity contribution in [1.82, 2.24) is 15.0 Å². The molecule has 29 heavy (non-hydrogen) atoms. The number of carbonyl (C=O) groups is 1. The molecule has 10 nitrogen and oxygen atoms in total. The van der Waals surface area contributed by atoms with Crippen molar-refractivity contribution in [2.75, 3.05) is 24.4 Å². The fraction of sp³-hybridized carbons (Fsp3) is 0.211. The Morgan fingerprint density at radius 2 is 1.97 bits per heavy atom. The summed E-state index contributed by atoms with van der Waals surface area (Å²) in [6.45, 7) is 2.13. The SMILES string of the molecule is CCn1c(NNC(=O)c2cc([N+](=O)[O-])ccc2N(C)C)nc2ccccc2c1=O. The quantitative estimate of drug-likeness (QED) is 0.483. The first-order valence-corrected chi connectivity index (χ1v) is 8.85. The highest BCUT2D eigenvalue weighted by Gasteiger charge is 2.19. The molecule has 0 radical (unpaired) electrons. The van der Waals surface area contributed by atoms with Gasteiger partial charge in [-0.2, -0.15) is 0 Å². The first-order chi connectivity index (χ1) is 13.8. The van der Waals surface area contributed by atoms with Gasteiger partial charge in [-0.3, -0.25) is 35.1 Å². The van der Waals surface area contributed by atoms with E-state index in [1.807, 2.05) is 0 Å². The number of nitro groups is 1. The van der Waals surface area contributed by atoms with Crippen molar-refractivity contribution < 1.29 is 9.72 Å². The number of nitro benzene ring substituents is 1. The molecule has 0 bridgehead atoms. The number of hydrogen-bond acceptors (Lipinski definition) is 7. The Hall–Kier alpha value is -3.95. The van der Waals surface area contributed by atoms with Gasteiger partial charge in [0.05, 0.1) is 21.4 Å². The maximum absolute atomic E-state index is 12.7. The molecule has 10 heteroatoms.